The molecule has 2 rings (SSSR count). The van der Waals surface area contributed by atoms with Gasteiger partial charge in [-0.25, -0.2) is 0 Å². The molecule has 88 valence electrons. The zero-order valence-corrected chi connectivity index (χ0v) is 11.8. The average molecular weight is 282 g/mol. The van der Waals surface area contributed by atoms with Gasteiger partial charge < -0.3 is 4.90 Å². The van der Waals surface area contributed by atoms with E-state index < -0.39 is 0 Å². The van der Waals surface area contributed by atoms with Crippen LogP contribution in [-0.4, -0.2) is 13.1 Å². The predicted octanol–water partition coefficient (Wildman–Crippen LogP) is 4.21. The zero-order valence-electron chi connectivity index (χ0n) is 10.2. The summed E-state index contributed by atoms with van der Waals surface area (Å²) in [5.74, 6) is 0. The zero-order chi connectivity index (χ0) is 11.6. The Kier molecular flexibility index (Phi) is 3.58. The minimum Gasteiger partial charge on any atom is -0.371 e. The molecule has 1 aliphatic heterocycles. The van der Waals surface area contributed by atoms with Gasteiger partial charge in [-0.3, -0.25) is 0 Å². The minimum absolute atomic E-state index is 0.465. The number of rotatable bonds is 2. The van der Waals surface area contributed by atoms with Gasteiger partial charge in [0.25, 0.3) is 0 Å². The third kappa shape index (κ3) is 2.79. The summed E-state index contributed by atoms with van der Waals surface area (Å²) in [4.78, 5) is 2.52. The van der Waals surface area contributed by atoms with Crippen LogP contribution in [0.25, 0.3) is 0 Å². The van der Waals surface area contributed by atoms with Crippen molar-refractivity contribution in [2.24, 2.45) is 5.41 Å². The van der Waals surface area contributed by atoms with Gasteiger partial charge in [-0.05, 0) is 36.0 Å². The summed E-state index contributed by atoms with van der Waals surface area (Å²) in [6, 6.07) is 8.92. The van der Waals surface area contributed by atoms with Crippen LogP contribution in [0.3, 0.4) is 0 Å². The molecule has 0 bridgehead atoms. The number of anilines is 1. The lowest BCUT2D eigenvalue weighted by Gasteiger charge is -2.39. The molecule has 1 saturated heterocycles. The lowest BCUT2D eigenvalue weighted by Crippen LogP contribution is -2.40. The second-order valence-corrected chi connectivity index (χ2v) is 6.05. The Balaban J connectivity index is 2.11. The Morgan fingerprint density at radius 2 is 1.94 bits per heavy atom. The molecule has 1 aliphatic rings. The second kappa shape index (κ2) is 4.79. The first-order valence-corrected chi connectivity index (χ1v) is 7.13. The molecule has 1 fully saturated rings. The maximum atomic E-state index is 3.48. The lowest BCUT2D eigenvalue weighted by atomic mass is 9.84. The van der Waals surface area contributed by atoms with Crippen LogP contribution in [0.5, 0.6) is 0 Å². The van der Waals surface area contributed by atoms with E-state index in [1.54, 1.807) is 0 Å². The van der Waals surface area contributed by atoms with E-state index in [4.69, 9.17) is 0 Å². The third-order valence-corrected chi connectivity index (χ3v) is 4.00. The number of hydrogen-bond acceptors (Lipinski definition) is 1. The maximum Gasteiger partial charge on any atom is 0.0366 e. The summed E-state index contributed by atoms with van der Waals surface area (Å²) in [5, 5.41) is 0.943. The van der Waals surface area contributed by atoms with Gasteiger partial charge in [0.1, 0.15) is 0 Å². The van der Waals surface area contributed by atoms with E-state index in [0.29, 0.717) is 5.41 Å². The molecule has 1 aromatic carbocycles. The summed E-state index contributed by atoms with van der Waals surface area (Å²) in [7, 11) is 0. The monoisotopic (exact) mass is 281 g/mol. The van der Waals surface area contributed by atoms with E-state index in [1.807, 2.05) is 0 Å². The van der Waals surface area contributed by atoms with Gasteiger partial charge in [-0.15, -0.1) is 0 Å². The van der Waals surface area contributed by atoms with Gasteiger partial charge in [-0.1, -0.05) is 41.9 Å². The van der Waals surface area contributed by atoms with Gasteiger partial charge in [0.05, 0.1) is 0 Å². The Morgan fingerprint density at radius 3 is 2.50 bits per heavy atom. The molecule has 16 heavy (non-hydrogen) atoms. The van der Waals surface area contributed by atoms with Gasteiger partial charge in [0.2, 0.25) is 0 Å². The van der Waals surface area contributed by atoms with Gasteiger partial charge >= 0.3 is 0 Å². The Hall–Kier alpha value is -0.500. The van der Waals surface area contributed by atoms with Crippen molar-refractivity contribution < 1.29 is 0 Å². The number of hydrogen-bond donors (Lipinski definition) is 0. The fourth-order valence-electron chi connectivity index (χ4n) is 2.44. The largest absolute Gasteiger partial charge is 0.371 e. The molecule has 0 saturated carbocycles. The summed E-state index contributed by atoms with van der Waals surface area (Å²) in [6.07, 6.45) is 2.66. The standard InChI is InChI=1S/C14H20BrN/c1-14(2)8-3-9-16(11-14)13-6-4-12(10-15)5-7-13/h4-7H,3,8-11H2,1-2H3. The van der Waals surface area contributed by atoms with Crippen LogP contribution in [0.2, 0.25) is 0 Å². The summed E-state index contributed by atoms with van der Waals surface area (Å²) >= 11 is 3.48. The predicted molar refractivity (Wildman–Crippen MR) is 74.3 cm³/mol. The second-order valence-electron chi connectivity index (χ2n) is 5.49. The van der Waals surface area contributed by atoms with Crippen molar-refractivity contribution in [2.75, 3.05) is 18.0 Å². The summed E-state index contributed by atoms with van der Waals surface area (Å²) in [6.45, 7) is 7.12. The van der Waals surface area contributed by atoms with Crippen LogP contribution in [0.1, 0.15) is 32.3 Å². The summed E-state index contributed by atoms with van der Waals surface area (Å²) < 4.78 is 0. The highest BCUT2D eigenvalue weighted by Crippen LogP contribution is 2.31. The van der Waals surface area contributed by atoms with Crippen molar-refractivity contribution in [2.45, 2.75) is 32.0 Å². The molecule has 0 aromatic heterocycles. The highest BCUT2D eigenvalue weighted by Gasteiger charge is 2.26. The topological polar surface area (TPSA) is 3.24 Å². The van der Waals surface area contributed by atoms with Gasteiger partial charge in [0.15, 0.2) is 0 Å². The number of benzene rings is 1. The fourth-order valence-corrected chi connectivity index (χ4v) is 2.81. The van der Waals surface area contributed by atoms with Crippen molar-refractivity contribution in [1.82, 2.24) is 0 Å². The van der Waals surface area contributed by atoms with Crippen molar-refractivity contribution in [3.05, 3.63) is 29.8 Å². The summed E-state index contributed by atoms with van der Waals surface area (Å²) in [5.41, 5.74) is 3.18. The van der Waals surface area contributed by atoms with E-state index in [0.717, 1.165) is 5.33 Å². The number of nitrogens with zero attached hydrogens (tertiary/aromatic N) is 1. The molecule has 0 atom stereocenters. The highest BCUT2D eigenvalue weighted by atomic mass is 79.9. The Labute approximate surface area is 107 Å². The first-order chi connectivity index (χ1) is 7.61. The molecule has 0 unspecified atom stereocenters. The molecule has 0 aliphatic carbocycles. The van der Waals surface area contributed by atoms with E-state index in [2.05, 4.69) is 58.9 Å². The molecular weight excluding hydrogens is 262 g/mol. The molecule has 1 heterocycles. The number of alkyl halides is 1. The first kappa shape index (κ1) is 12.0. The minimum atomic E-state index is 0.465. The molecule has 1 nitrogen and oxygen atoms in total. The van der Waals surface area contributed by atoms with Crippen molar-refractivity contribution in [1.29, 1.82) is 0 Å². The van der Waals surface area contributed by atoms with Gasteiger partial charge in [-0.2, -0.15) is 0 Å². The van der Waals surface area contributed by atoms with Gasteiger partial charge in [0, 0.05) is 24.1 Å². The molecule has 0 amide bonds. The molecule has 0 spiro atoms. The van der Waals surface area contributed by atoms with Crippen LogP contribution < -0.4 is 4.90 Å². The third-order valence-electron chi connectivity index (χ3n) is 3.36. The smallest absolute Gasteiger partial charge is 0.0366 e. The number of piperidine rings is 1. The van der Waals surface area contributed by atoms with E-state index in [-0.39, 0.29) is 0 Å². The number of halogens is 1. The van der Waals surface area contributed by atoms with E-state index in [9.17, 15) is 0 Å². The average Bonchev–Trinajstić information content (AvgIpc) is 2.28. The lowest BCUT2D eigenvalue weighted by molar-refractivity contribution is 0.293. The normalized spacial score (nSPS) is 19.8. The van der Waals surface area contributed by atoms with Crippen LogP contribution in [0.15, 0.2) is 24.3 Å². The molecule has 1 aromatic rings. The SMILES string of the molecule is CC1(C)CCCN(c2ccc(CBr)cc2)C1. The van der Waals surface area contributed by atoms with Crippen LogP contribution in [-0.2, 0) is 5.33 Å². The maximum absolute atomic E-state index is 3.48. The van der Waals surface area contributed by atoms with Crippen molar-refractivity contribution >= 4 is 21.6 Å². The van der Waals surface area contributed by atoms with E-state index in [1.165, 1.54) is 37.2 Å². The molecule has 0 N–H and O–H groups in total. The Morgan fingerprint density at radius 1 is 1.25 bits per heavy atom. The van der Waals surface area contributed by atoms with E-state index >= 15 is 0 Å². The van der Waals surface area contributed by atoms with Crippen molar-refractivity contribution in [3.8, 4) is 0 Å². The fraction of sp³-hybridized carbons (Fsp3) is 0.571. The van der Waals surface area contributed by atoms with Crippen molar-refractivity contribution in [3.63, 3.8) is 0 Å². The van der Waals surface area contributed by atoms with Crippen LogP contribution >= 0.6 is 15.9 Å². The molecular formula is C14H20BrN. The Bertz CT molecular complexity index is 342. The molecule has 2 heteroatoms. The first-order valence-electron chi connectivity index (χ1n) is 6.01. The highest BCUT2D eigenvalue weighted by molar-refractivity contribution is 9.08. The molecule has 0 radical (unpaired) electrons. The van der Waals surface area contributed by atoms with Crippen LogP contribution in [0, 0.1) is 5.41 Å². The van der Waals surface area contributed by atoms with Crippen LogP contribution in [0.4, 0.5) is 5.69 Å². The quantitative estimate of drug-likeness (QED) is 0.734.